The number of nitrogens with zero attached hydrogens (tertiary/aromatic N) is 1. The van der Waals surface area contributed by atoms with Crippen LogP contribution in [0.15, 0.2) is 29.3 Å². The molecule has 8 heteroatoms. The fourth-order valence-electron chi connectivity index (χ4n) is 2.47. The molecule has 1 unspecified atom stereocenters. The van der Waals surface area contributed by atoms with E-state index in [1.807, 2.05) is 0 Å². The van der Waals surface area contributed by atoms with Crippen molar-refractivity contribution in [3.8, 4) is 0 Å². The Bertz CT molecular complexity index is 764. The highest BCUT2D eigenvalue weighted by Gasteiger charge is 2.41. The molecule has 0 fully saturated rings. The van der Waals surface area contributed by atoms with Gasteiger partial charge in [-0.3, -0.25) is 4.79 Å². The van der Waals surface area contributed by atoms with E-state index in [0.717, 1.165) is 0 Å². The van der Waals surface area contributed by atoms with Gasteiger partial charge in [0.25, 0.3) is 5.91 Å². The highest BCUT2D eigenvalue weighted by Crippen LogP contribution is 2.37. The Morgan fingerprint density at radius 3 is 2.67 bits per heavy atom. The lowest BCUT2D eigenvalue weighted by Crippen LogP contribution is -2.29. The zero-order valence-corrected chi connectivity index (χ0v) is 15.5. The standard InChI is InChI=1S/C16H21FN2O3S2/c1-11(12-7-4-5-8-13(12)17)18-15-19-14(20)16(2,23-15)9-6-10-24(3,21)22/h4-5,7-8,11H,6,9-10H2,1-3H3,(H,18,19,20)/t11-,16?/m0/s1. The number of hydrogen-bond acceptors (Lipinski definition) is 5. The average molecular weight is 372 g/mol. The van der Waals surface area contributed by atoms with Gasteiger partial charge in [0.15, 0.2) is 5.17 Å². The van der Waals surface area contributed by atoms with Gasteiger partial charge < -0.3 is 5.32 Å². The summed E-state index contributed by atoms with van der Waals surface area (Å²) in [6.45, 7) is 3.56. The topological polar surface area (TPSA) is 75.6 Å². The summed E-state index contributed by atoms with van der Waals surface area (Å²) >= 11 is 1.27. The van der Waals surface area contributed by atoms with Crippen LogP contribution in [0.1, 0.15) is 38.3 Å². The number of sulfone groups is 1. The third-order valence-electron chi connectivity index (χ3n) is 3.86. The lowest BCUT2D eigenvalue weighted by atomic mass is 10.0. The Hall–Kier alpha value is -1.41. The van der Waals surface area contributed by atoms with Crippen molar-refractivity contribution >= 4 is 32.7 Å². The second-order valence-electron chi connectivity index (χ2n) is 6.18. The molecule has 0 saturated carbocycles. The van der Waals surface area contributed by atoms with Gasteiger partial charge in [-0.15, -0.1) is 0 Å². The molecule has 1 amide bonds. The first-order valence-electron chi connectivity index (χ1n) is 7.61. The average Bonchev–Trinajstić information content (AvgIpc) is 2.72. The quantitative estimate of drug-likeness (QED) is 0.831. The molecule has 0 spiro atoms. The van der Waals surface area contributed by atoms with Gasteiger partial charge in [0.2, 0.25) is 0 Å². The minimum absolute atomic E-state index is 0.0464. The number of amides is 1. The number of amidine groups is 1. The molecule has 1 aromatic rings. The smallest absolute Gasteiger partial charge is 0.264 e. The van der Waals surface area contributed by atoms with Crippen LogP contribution in [0.3, 0.4) is 0 Å². The van der Waals surface area contributed by atoms with Crippen LogP contribution in [0.25, 0.3) is 0 Å². The minimum atomic E-state index is -3.05. The molecule has 0 bridgehead atoms. The van der Waals surface area contributed by atoms with Crippen molar-refractivity contribution < 1.29 is 17.6 Å². The lowest BCUT2D eigenvalue weighted by molar-refractivity contribution is -0.119. The number of nitrogens with one attached hydrogen (secondary N) is 1. The van der Waals surface area contributed by atoms with E-state index in [4.69, 9.17) is 0 Å². The summed E-state index contributed by atoms with van der Waals surface area (Å²) in [5.74, 6) is -0.558. The van der Waals surface area contributed by atoms with E-state index in [0.29, 0.717) is 23.6 Å². The maximum atomic E-state index is 13.8. The molecule has 24 heavy (non-hydrogen) atoms. The summed E-state index contributed by atoms with van der Waals surface area (Å²) < 4.78 is 35.5. The van der Waals surface area contributed by atoms with Gasteiger partial charge in [-0.2, -0.15) is 4.99 Å². The molecule has 2 atom stereocenters. The zero-order valence-electron chi connectivity index (χ0n) is 13.9. The normalized spacial score (nSPS) is 22.3. The Morgan fingerprint density at radius 1 is 1.38 bits per heavy atom. The first kappa shape index (κ1) is 18.9. The molecule has 0 saturated heterocycles. The van der Waals surface area contributed by atoms with E-state index < -0.39 is 14.6 Å². The molecule has 132 valence electrons. The monoisotopic (exact) mass is 372 g/mol. The Balaban J connectivity index is 1.98. The molecular formula is C16H21FN2O3S2. The summed E-state index contributed by atoms with van der Waals surface area (Å²) in [6, 6.07) is 6.11. The number of rotatable bonds is 6. The van der Waals surface area contributed by atoms with E-state index >= 15 is 0 Å². The summed E-state index contributed by atoms with van der Waals surface area (Å²) in [5, 5.41) is 3.50. The molecule has 1 aromatic carbocycles. The maximum absolute atomic E-state index is 13.8. The van der Waals surface area contributed by atoms with E-state index in [-0.39, 0.29) is 23.5 Å². The number of benzene rings is 1. The molecule has 1 aliphatic heterocycles. The first-order valence-corrected chi connectivity index (χ1v) is 10.5. The van der Waals surface area contributed by atoms with Gasteiger partial charge >= 0.3 is 0 Å². The largest absolute Gasteiger partial charge is 0.358 e. The SMILES string of the molecule is C[C@H](NC1=NC(=O)C(C)(CCCS(C)(=O)=O)S1)c1ccccc1F. The van der Waals surface area contributed by atoms with Gasteiger partial charge in [-0.05, 0) is 32.8 Å². The Morgan fingerprint density at radius 2 is 2.04 bits per heavy atom. The molecule has 1 aliphatic rings. The summed E-state index contributed by atoms with van der Waals surface area (Å²) in [6.07, 6.45) is 2.00. The molecule has 0 aliphatic carbocycles. The predicted molar refractivity (Wildman–Crippen MR) is 95.3 cm³/mol. The number of halogens is 1. The minimum Gasteiger partial charge on any atom is -0.358 e. The first-order chi connectivity index (χ1) is 11.1. The van der Waals surface area contributed by atoms with Crippen molar-refractivity contribution in [2.75, 3.05) is 12.0 Å². The van der Waals surface area contributed by atoms with Gasteiger partial charge in [0, 0.05) is 17.6 Å². The van der Waals surface area contributed by atoms with Crippen LogP contribution >= 0.6 is 11.8 Å². The second-order valence-corrected chi connectivity index (χ2v) is 9.93. The number of carbonyl (C=O) groups excluding carboxylic acids is 1. The number of hydrogen-bond donors (Lipinski definition) is 1. The summed E-state index contributed by atoms with van der Waals surface area (Å²) in [5.41, 5.74) is 0.499. The molecular weight excluding hydrogens is 351 g/mol. The number of thioether (sulfide) groups is 1. The van der Waals surface area contributed by atoms with Crippen LogP contribution in [0.5, 0.6) is 0 Å². The van der Waals surface area contributed by atoms with Crippen molar-refractivity contribution in [2.24, 2.45) is 4.99 Å². The Labute approximate surface area is 146 Å². The number of carbonyl (C=O) groups is 1. The zero-order chi connectivity index (χ0) is 18.0. The van der Waals surface area contributed by atoms with Crippen LogP contribution in [-0.2, 0) is 14.6 Å². The van der Waals surface area contributed by atoms with Crippen molar-refractivity contribution in [1.29, 1.82) is 0 Å². The van der Waals surface area contributed by atoms with E-state index in [9.17, 15) is 17.6 Å². The van der Waals surface area contributed by atoms with Crippen LogP contribution in [0, 0.1) is 5.82 Å². The Kier molecular flexibility index (Phi) is 5.70. The summed E-state index contributed by atoms with van der Waals surface area (Å²) in [7, 11) is -3.05. The highest BCUT2D eigenvalue weighted by molar-refractivity contribution is 8.16. The fourth-order valence-corrected chi connectivity index (χ4v) is 4.31. The highest BCUT2D eigenvalue weighted by atomic mass is 32.2. The van der Waals surface area contributed by atoms with Gasteiger partial charge in [-0.25, -0.2) is 12.8 Å². The maximum Gasteiger partial charge on any atom is 0.264 e. The third-order valence-corrected chi connectivity index (χ3v) is 6.12. The third kappa shape index (κ3) is 4.80. The van der Waals surface area contributed by atoms with Crippen molar-refractivity contribution in [3.63, 3.8) is 0 Å². The molecule has 0 radical (unpaired) electrons. The van der Waals surface area contributed by atoms with Crippen LogP contribution < -0.4 is 5.32 Å². The summed E-state index contributed by atoms with van der Waals surface area (Å²) in [4.78, 5) is 16.2. The molecule has 5 nitrogen and oxygen atoms in total. The van der Waals surface area contributed by atoms with E-state index in [1.165, 1.54) is 24.1 Å². The van der Waals surface area contributed by atoms with Crippen LogP contribution in [0.2, 0.25) is 0 Å². The van der Waals surface area contributed by atoms with Crippen LogP contribution in [-0.4, -0.2) is 36.2 Å². The van der Waals surface area contributed by atoms with Crippen molar-refractivity contribution in [1.82, 2.24) is 5.32 Å². The van der Waals surface area contributed by atoms with Gasteiger partial charge in [0.05, 0.1) is 6.04 Å². The molecule has 2 rings (SSSR count). The molecule has 1 N–H and O–H groups in total. The van der Waals surface area contributed by atoms with Crippen LogP contribution in [0.4, 0.5) is 4.39 Å². The predicted octanol–water partition coefficient (Wildman–Crippen LogP) is 2.69. The van der Waals surface area contributed by atoms with Gasteiger partial charge in [0.1, 0.15) is 20.4 Å². The number of aliphatic imine (C=N–C) groups is 1. The van der Waals surface area contributed by atoms with Gasteiger partial charge in [-0.1, -0.05) is 30.0 Å². The fraction of sp³-hybridized carbons (Fsp3) is 0.500. The molecule has 1 heterocycles. The van der Waals surface area contributed by atoms with Crippen molar-refractivity contribution in [2.45, 2.75) is 37.5 Å². The van der Waals surface area contributed by atoms with E-state index in [2.05, 4.69) is 10.3 Å². The second kappa shape index (κ2) is 7.23. The molecule has 0 aromatic heterocycles. The van der Waals surface area contributed by atoms with Crippen molar-refractivity contribution in [3.05, 3.63) is 35.6 Å². The van der Waals surface area contributed by atoms with E-state index in [1.54, 1.807) is 32.0 Å². The lowest BCUT2D eigenvalue weighted by Gasteiger charge is -2.21.